The molecule has 3 heterocycles. The van der Waals surface area contributed by atoms with Gasteiger partial charge in [-0.05, 0) is 49.6 Å². The van der Waals surface area contributed by atoms with Gasteiger partial charge in [0.05, 0.1) is 5.75 Å². The van der Waals surface area contributed by atoms with Crippen molar-refractivity contribution in [3.05, 3.63) is 59.2 Å². The Bertz CT molecular complexity index is 1300. The zero-order valence-corrected chi connectivity index (χ0v) is 19.8. The van der Waals surface area contributed by atoms with Crippen molar-refractivity contribution in [2.75, 3.05) is 23.1 Å². The SMILES string of the molecule is CCNC(=O)c1cc(F)ccc1CNC(=O)c1nc(N2CCCCS2(O)O)c2cccnc2c1O.[NaH]. The third-order valence-corrected chi connectivity index (χ3v) is 7.54. The zero-order valence-electron chi connectivity index (χ0n) is 19.0. The number of pyridine rings is 2. The monoisotopic (exact) mass is 527 g/mol. The molecule has 1 aliphatic heterocycles. The Morgan fingerprint density at radius 2 is 1.94 bits per heavy atom. The molecule has 5 N–H and O–H groups in total. The Labute approximate surface area is 231 Å². The van der Waals surface area contributed by atoms with Crippen LogP contribution in [-0.4, -0.2) is 84.4 Å². The van der Waals surface area contributed by atoms with E-state index in [4.69, 9.17) is 0 Å². The molecule has 0 aliphatic carbocycles. The van der Waals surface area contributed by atoms with Crippen LogP contribution in [0.1, 0.15) is 46.2 Å². The van der Waals surface area contributed by atoms with Gasteiger partial charge in [-0.15, -0.1) is 10.8 Å². The number of benzene rings is 1. The van der Waals surface area contributed by atoms with Crippen molar-refractivity contribution >= 4 is 68.9 Å². The summed E-state index contributed by atoms with van der Waals surface area (Å²) in [5.74, 6) is -1.99. The summed E-state index contributed by atoms with van der Waals surface area (Å²) in [6, 6.07) is 6.91. The van der Waals surface area contributed by atoms with Crippen molar-refractivity contribution in [1.29, 1.82) is 0 Å². The second-order valence-corrected chi connectivity index (χ2v) is 10.1. The summed E-state index contributed by atoms with van der Waals surface area (Å²) in [5, 5.41) is 16.4. The van der Waals surface area contributed by atoms with E-state index in [1.165, 1.54) is 22.6 Å². The van der Waals surface area contributed by atoms with Crippen LogP contribution in [0, 0.1) is 5.82 Å². The van der Waals surface area contributed by atoms with Gasteiger partial charge in [0.15, 0.2) is 17.3 Å². The number of nitrogens with one attached hydrogen (secondary N) is 2. The van der Waals surface area contributed by atoms with Crippen LogP contribution in [0.2, 0.25) is 0 Å². The van der Waals surface area contributed by atoms with Crippen LogP contribution < -0.4 is 14.9 Å². The Hall–Kier alpha value is -2.48. The van der Waals surface area contributed by atoms with E-state index in [9.17, 15) is 28.2 Å². The molecule has 4 rings (SSSR count). The molecule has 1 aliphatic rings. The fraction of sp³-hybridized carbons (Fsp3) is 0.304. The normalized spacial score (nSPS) is 15.6. The summed E-state index contributed by atoms with van der Waals surface area (Å²) in [7, 11) is -3.15. The maximum atomic E-state index is 13.7. The first-order valence-corrected chi connectivity index (χ1v) is 12.8. The topological polar surface area (TPSA) is 148 Å². The predicted octanol–water partition coefficient (Wildman–Crippen LogP) is 2.77. The van der Waals surface area contributed by atoms with Crippen LogP contribution in [0.3, 0.4) is 0 Å². The summed E-state index contributed by atoms with van der Waals surface area (Å²) in [4.78, 5) is 33.9. The molecular weight excluding hydrogens is 500 g/mol. The molecule has 36 heavy (non-hydrogen) atoms. The van der Waals surface area contributed by atoms with Gasteiger partial charge in [-0.3, -0.25) is 28.0 Å². The number of aromatic nitrogens is 2. The van der Waals surface area contributed by atoms with Gasteiger partial charge in [0.25, 0.3) is 11.8 Å². The number of fused-ring (bicyclic) bond motifs is 1. The third-order valence-electron chi connectivity index (χ3n) is 5.64. The number of rotatable bonds is 6. The molecule has 2 amide bonds. The summed E-state index contributed by atoms with van der Waals surface area (Å²) < 4.78 is 36.3. The molecule has 2 aromatic heterocycles. The van der Waals surface area contributed by atoms with Crippen molar-refractivity contribution in [3.63, 3.8) is 0 Å². The van der Waals surface area contributed by atoms with Gasteiger partial charge in [-0.2, -0.15) is 0 Å². The quantitative estimate of drug-likeness (QED) is 0.308. The van der Waals surface area contributed by atoms with Crippen molar-refractivity contribution < 1.29 is 28.2 Å². The fourth-order valence-corrected chi connectivity index (χ4v) is 5.58. The molecule has 188 valence electrons. The van der Waals surface area contributed by atoms with Crippen LogP contribution >= 0.6 is 10.8 Å². The Kier molecular flexibility index (Phi) is 9.14. The molecule has 0 unspecified atom stereocenters. The Morgan fingerprint density at radius 1 is 1.17 bits per heavy atom. The van der Waals surface area contributed by atoms with Crippen molar-refractivity contribution in [1.82, 2.24) is 20.6 Å². The molecule has 0 radical (unpaired) electrons. The Balaban J connectivity index is 0.00000361. The number of amides is 2. The van der Waals surface area contributed by atoms with Gasteiger partial charge in [0.2, 0.25) is 0 Å². The average molecular weight is 528 g/mol. The first-order valence-electron chi connectivity index (χ1n) is 11.1. The van der Waals surface area contributed by atoms with Gasteiger partial charge in [0.1, 0.15) is 11.3 Å². The summed E-state index contributed by atoms with van der Waals surface area (Å²) in [5.41, 5.74) is 0.184. The number of nitrogens with zero attached hydrogens (tertiary/aromatic N) is 3. The van der Waals surface area contributed by atoms with Gasteiger partial charge in [-0.25, -0.2) is 9.37 Å². The van der Waals surface area contributed by atoms with E-state index in [2.05, 4.69) is 20.6 Å². The number of carbonyl (C=O) groups is 2. The van der Waals surface area contributed by atoms with Crippen molar-refractivity contribution in [3.8, 4) is 5.75 Å². The molecule has 1 fully saturated rings. The van der Waals surface area contributed by atoms with Gasteiger partial charge >= 0.3 is 29.6 Å². The van der Waals surface area contributed by atoms with Crippen LogP contribution in [0.25, 0.3) is 10.9 Å². The third kappa shape index (κ3) is 5.74. The standard InChI is InChI=1S/C23H26FN5O5S.Na.H/c1-2-25-22(31)17-12-15(24)8-7-14(17)13-27-23(32)19-20(30)18-16(6-5-9-26-18)21(28-19)29-10-3-4-11-35(29,33)34;;/h5-9,12,30,33-34H,2-4,10-11,13H2,1H3,(H,25,31)(H,27,32);;. The zero-order chi connectivity index (χ0) is 25.2. The van der Waals surface area contributed by atoms with Gasteiger partial charge < -0.3 is 15.7 Å². The van der Waals surface area contributed by atoms with E-state index >= 15 is 0 Å². The molecule has 3 aromatic rings. The first-order chi connectivity index (χ1) is 16.7. The van der Waals surface area contributed by atoms with Crippen molar-refractivity contribution in [2.45, 2.75) is 26.3 Å². The van der Waals surface area contributed by atoms with Gasteiger partial charge in [-0.1, -0.05) is 6.07 Å². The second-order valence-electron chi connectivity index (χ2n) is 8.02. The molecule has 0 spiro atoms. The van der Waals surface area contributed by atoms with Crippen LogP contribution in [0.5, 0.6) is 5.75 Å². The minimum atomic E-state index is -3.15. The minimum absolute atomic E-state index is 0. The van der Waals surface area contributed by atoms with E-state index < -0.39 is 34.2 Å². The summed E-state index contributed by atoms with van der Waals surface area (Å²) in [6.45, 7) is 2.26. The summed E-state index contributed by atoms with van der Waals surface area (Å²) >= 11 is 0. The number of hydrogen-bond donors (Lipinski definition) is 5. The van der Waals surface area contributed by atoms with Crippen LogP contribution in [0.4, 0.5) is 10.2 Å². The molecule has 13 heteroatoms. The van der Waals surface area contributed by atoms with Crippen LogP contribution in [-0.2, 0) is 6.54 Å². The van der Waals surface area contributed by atoms with Crippen molar-refractivity contribution in [2.24, 2.45) is 0 Å². The average Bonchev–Trinajstić information content (AvgIpc) is 2.84. The number of hydrogen-bond acceptors (Lipinski definition) is 8. The molecule has 10 nitrogen and oxygen atoms in total. The molecule has 1 saturated heterocycles. The van der Waals surface area contributed by atoms with E-state index in [0.29, 0.717) is 36.9 Å². The second kappa shape index (κ2) is 11.7. The molecule has 0 saturated carbocycles. The molecule has 1 aromatic carbocycles. The Morgan fingerprint density at radius 3 is 2.67 bits per heavy atom. The van der Waals surface area contributed by atoms with E-state index in [0.717, 1.165) is 6.07 Å². The first kappa shape index (κ1) is 28.1. The molecular formula is C23H27FN5NaO5S. The number of anilines is 1. The maximum absolute atomic E-state index is 13.7. The van der Waals surface area contributed by atoms with E-state index in [1.807, 2.05) is 0 Å². The van der Waals surface area contributed by atoms with E-state index in [1.54, 1.807) is 19.1 Å². The van der Waals surface area contributed by atoms with Gasteiger partial charge in [0, 0.05) is 36.8 Å². The number of carbonyl (C=O) groups excluding carboxylic acids is 2. The number of aromatic hydroxyl groups is 1. The predicted molar refractivity (Wildman–Crippen MR) is 138 cm³/mol. The fourth-order valence-electron chi connectivity index (χ4n) is 3.94. The number of halogens is 1. The molecule has 0 atom stereocenters. The van der Waals surface area contributed by atoms with E-state index in [-0.39, 0.29) is 64.4 Å². The summed E-state index contributed by atoms with van der Waals surface area (Å²) in [6.07, 6.45) is 2.79. The molecule has 0 bridgehead atoms. The van der Waals surface area contributed by atoms with Crippen LogP contribution in [0.15, 0.2) is 36.5 Å².